The van der Waals surface area contributed by atoms with Crippen molar-refractivity contribution < 1.29 is 9.53 Å². The van der Waals surface area contributed by atoms with Crippen LogP contribution in [0.3, 0.4) is 0 Å². The molecule has 4 nitrogen and oxygen atoms in total. The number of benzene rings is 1. The second-order valence-corrected chi connectivity index (χ2v) is 5.68. The molecule has 0 aromatic heterocycles. The van der Waals surface area contributed by atoms with Gasteiger partial charge in [0.25, 0.3) is 0 Å². The Kier molecular flexibility index (Phi) is 6.49. The molecule has 0 radical (unpaired) electrons. The maximum absolute atomic E-state index is 12.3. The SMILES string of the molecule is COc1ccc(C)cc1C(C)NC(=O)C(C)C1CNC1.Cl. The number of carbonyl (C=O) groups excluding carboxylic acids is 1. The summed E-state index contributed by atoms with van der Waals surface area (Å²) in [5.41, 5.74) is 2.19. The predicted octanol–water partition coefficient (Wildman–Crippen LogP) is 2.46. The number of hydrogen-bond donors (Lipinski definition) is 2. The van der Waals surface area contributed by atoms with E-state index in [2.05, 4.69) is 16.7 Å². The van der Waals surface area contributed by atoms with Gasteiger partial charge in [0.05, 0.1) is 13.2 Å². The molecule has 0 saturated carbocycles. The van der Waals surface area contributed by atoms with E-state index >= 15 is 0 Å². The van der Waals surface area contributed by atoms with Crippen LogP contribution in [0.2, 0.25) is 0 Å². The Morgan fingerprint density at radius 1 is 1.38 bits per heavy atom. The summed E-state index contributed by atoms with van der Waals surface area (Å²) in [4.78, 5) is 12.3. The third-order valence-electron chi connectivity index (χ3n) is 4.14. The van der Waals surface area contributed by atoms with Crippen molar-refractivity contribution in [1.29, 1.82) is 0 Å². The second kappa shape index (κ2) is 7.66. The molecule has 1 aliphatic rings. The van der Waals surface area contributed by atoms with Gasteiger partial charge in [0.15, 0.2) is 0 Å². The Morgan fingerprint density at radius 3 is 2.57 bits per heavy atom. The largest absolute Gasteiger partial charge is 0.496 e. The predicted molar refractivity (Wildman–Crippen MR) is 87.1 cm³/mol. The van der Waals surface area contributed by atoms with Crippen molar-refractivity contribution in [2.45, 2.75) is 26.8 Å². The zero-order valence-corrected chi connectivity index (χ0v) is 13.9. The molecule has 1 saturated heterocycles. The van der Waals surface area contributed by atoms with Crippen LogP contribution in [0.1, 0.15) is 31.0 Å². The molecule has 1 amide bonds. The van der Waals surface area contributed by atoms with Crippen LogP contribution >= 0.6 is 12.4 Å². The molecule has 0 aliphatic carbocycles. The van der Waals surface area contributed by atoms with Crippen molar-refractivity contribution in [2.75, 3.05) is 20.2 Å². The fourth-order valence-corrected chi connectivity index (χ4v) is 2.49. The average Bonchev–Trinajstić information content (AvgIpc) is 2.36. The minimum Gasteiger partial charge on any atom is -0.496 e. The molecule has 0 spiro atoms. The van der Waals surface area contributed by atoms with Crippen molar-refractivity contribution in [1.82, 2.24) is 10.6 Å². The average molecular weight is 313 g/mol. The van der Waals surface area contributed by atoms with Gasteiger partial charge in [0.1, 0.15) is 5.75 Å². The minimum atomic E-state index is -0.0483. The molecule has 0 bridgehead atoms. The Labute approximate surface area is 133 Å². The Bertz CT molecular complexity index is 489. The number of rotatable bonds is 5. The minimum absolute atomic E-state index is 0. The quantitative estimate of drug-likeness (QED) is 0.878. The van der Waals surface area contributed by atoms with Crippen LogP contribution in [0.5, 0.6) is 5.75 Å². The summed E-state index contributed by atoms with van der Waals surface area (Å²) in [5.74, 6) is 1.45. The third-order valence-corrected chi connectivity index (χ3v) is 4.14. The van der Waals surface area contributed by atoms with Gasteiger partial charge in [-0.1, -0.05) is 24.6 Å². The molecule has 2 rings (SSSR count). The van der Waals surface area contributed by atoms with E-state index in [4.69, 9.17) is 4.74 Å². The summed E-state index contributed by atoms with van der Waals surface area (Å²) in [7, 11) is 1.66. The zero-order chi connectivity index (χ0) is 14.7. The maximum Gasteiger partial charge on any atom is 0.223 e. The monoisotopic (exact) mass is 312 g/mol. The first-order valence-electron chi connectivity index (χ1n) is 7.18. The summed E-state index contributed by atoms with van der Waals surface area (Å²) in [6, 6.07) is 5.98. The van der Waals surface area contributed by atoms with E-state index in [0.717, 1.165) is 30.0 Å². The lowest BCUT2D eigenvalue weighted by molar-refractivity contribution is -0.127. The summed E-state index contributed by atoms with van der Waals surface area (Å²) in [6.45, 7) is 7.93. The number of nitrogens with one attached hydrogen (secondary N) is 2. The molecular formula is C16H25ClN2O2. The van der Waals surface area contributed by atoms with Crippen molar-refractivity contribution >= 4 is 18.3 Å². The van der Waals surface area contributed by atoms with E-state index in [1.165, 1.54) is 0 Å². The number of amides is 1. The number of halogens is 1. The van der Waals surface area contributed by atoms with E-state index in [9.17, 15) is 4.79 Å². The van der Waals surface area contributed by atoms with Gasteiger partial charge >= 0.3 is 0 Å². The molecule has 1 aromatic carbocycles. The van der Waals surface area contributed by atoms with Crippen molar-refractivity contribution in [2.24, 2.45) is 11.8 Å². The first-order valence-corrected chi connectivity index (χ1v) is 7.18. The molecule has 1 aromatic rings. The Morgan fingerprint density at radius 2 is 2.05 bits per heavy atom. The van der Waals surface area contributed by atoms with E-state index in [-0.39, 0.29) is 30.3 Å². The number of hydrogen-bond acceptors (Lipinski definition) is 3. The Balaban J connectivity index is 0.00000220. The zero-order valence-electron chi connectivity index (χ0n) is 13.1. The number of ether oxygens (including phenoxy) is 1. The van der Waals surface area contributed by atoms with Crippen LogP contribution in [0.4, 0.5) is 0 Å². The van der Waals surface area contributed by atoms with E-state index in [1.807, 2.05) is 32.9 Å². The fourth-order valence-electron chi connectivity index (χ4n) is 2.49. The Hall–Kier alpha value is -1.26. The van der Waals surface area contributed by atoms with Gasteiger partial charge in [-0.25, -0.2) is 0 Å². The lowest BCUT2D eigenvalue weighted by Crippen LogP contribution is -2.49. The number of aryl methyl sites for hydroxylation is 1. The first-order chi connectivity index (χ1) is 9.52. The van der Waals surface area contributed by atoms with Crippen molar-refractivity contribution in [3.63, 3.8) is 0 Å². The van der Waals surface area contributed by atoms with Gasteiger partial charge in [-0.05, 0) is 38.9 Å². The number of methoxy groups -OCH3 is 1. The topological polar surface area (TPSA) is 50.4 Å². The highest BCUT2D eigenvalue weighted by atomic mass is 35.5. The van der Waals surface area contributed by atoms with Crippen LogP contribution in [0.25, 0.3) is 0 Å². The van der Waals surface area contributed by atoms with Crippen LogP contribution in [0, 0.1) is 18.8 Å². The molecule has 1 heterocycles. The van der Waals surface area contributed by atoms with Crippen LogP contribution in [0.15, 0.2) is 18.2 Å². The standard InChI is InChI=1S/C16H24N2O2.ClH/c1-10-5-6-15(20-4)14(7-10)12(3)18-16(19)11(2)13-8-17-9-13;/h5-7,11-13,17H,8-9H2,1-4H3,(H,18,19);1H. The molecule has 21 heavy (non-hydrogen) atoms. The molecule has 1 aliphatic heterocycles. The highest BCUT2D eigenvalue weighted by Crippen LogP contribution is 2.27. The van der Waals surface area contributed by atoms with Crippen LogP contribution in [-0.2, 0) is 4.79 Å². The molecule has 2 N–H and O–H groups in total. The van der Waals surface area contributed by atoms with Gasteiger partial charge in [-0.15, -0.1) is 12.4 Å². The van der Waals surface area contributed by atoms with E-state index in [1.54, 1.807) is 7.11 Å². The van der Waals surface area contributed by atoms with Crippen LogP contribution < -0.4 is 15.4 Å². The molecular weight excluding hydrogens is 288 g/mol. The second-order valence-electron chi connectivity index (χ2n) is 5.68. The smallest absolute Gasteiger partial charge is 0.223 e. The van der Waals surface area contributed by atoms with Gasteiger partial charge in [0, 0.05) is 11.5 Å². The van der Waals surface area contributed by atoms with Gasteiger partial charge in [-0.3, -0.25) is 4.79 Å². The molecule has 5 heteroatoms. The van der Waals surface area contributed by atoms with E-state index in [0.29, 0.717) is 5.92 Å². The summed E-state index contributed by atoms with van der Waals surface area (Å²) in [5, 5.41) is 6.31. The lowest BCUT2D eigenvalue weighted by Gasteiger charge is -2.32. The van der Waals surface area contributed by atoms with Gasteiger partial charge in [-0.2, -0.15) is 0 Å². The number of carbonyl (C=O) groups is 1. The van der Waals surface area contributed by atoms with E-state index < -0.39 is 0 Å². The third kappa shape index (κ3) is 4.11. The molecule has 118 valence electrons. The van der Waals surface area contributed by atoms with Crippen molar-refractivity contribution in [3.05, 3.63) is 29.3 Å². The molecule has 2 atom stereocenters. The highest BCUT2D eigenvalue weighted by molar-refractivity contribution is 5.85. The lowest BCUT2D eigenvalue weighted by atomic mass is 9.88. The highest BCUT2D eigenvalue weighted by Gasteiger charge is 2.29. The first kappa shape index (κ1) is 17.8. The van der Waals surface area contributed by atoms with Gasteiger partial charge < -0.3 is 15.4 Å². The van der Waals surface area contributed by atoms with Crippen LogP contribution in [-0.4, -0.2) is 26.1 Å². The van der Waals surface area contributed by atoms with Gasteiger partial charge in [0.2, 0.25) is 5.91 Å². The normalized spacial score (nSPS) is 17.1. The fraction of sp³-hybridized carbons (Fsp3) is 0.562. The molecule has 2 unspecified atom stereocenters. The summed E-state index contributed by atoms with van der Waals surface area (Å²) in [6.07, 6.45) is 0. The van der Waals surface area contributed by atoms with Crippen molar-refractivity contribution in [3.8, 4) is 5.75 Å². The summed E-state index contributed by atoms with van der Waals surface area (Å²) >= 11 is 0. The summed E-state index contributed by atoms with van der Waals surface area (Å²) < 4.78 is 5.38. The molecule has 1 fully saturated rings. The maximum atomic E-state index is 12.3.